The van der Waals surface area contributed by atoms with Gasteiger partial charge in [-0.05, 0) is 30.5 Å². The van der Waals surface area contributed by atoms with Crippen LogP contribution < -0.4 is 5.73 Å². The fourth-order valence-electron chi connectivity index (χ4n) is 2.47. The molecule has 18 heavy (non-hydrogen) atoms. The summed E-state index contributed by atoms with van der Waals surface area (Å²) in [6.07, 6.45) is 4.80. The summed E-state index contributed by atoms with van der Waals surface area (Å²) >= 11 is 5.61. The molecule has 1 aromatic carbocycles. The molecule has 2 N–H and O–H groups in total. The maximum Gasteiger partial charge on any atom is 0.156 e. The number of ketones is 1. The van der Waals surface area contributed by atoms with Crippen molar-refractivity contribution in [3.05, 3.63) is 34.6 Å². The number of benzene rings is 1. The van der Waals surface area contributed by atoms with Crippen LogP contribution in [-0.2, 0) is 11.2 Å². The number of nitrogens with two attached hydrogens (primary N) is 1. The first-order valence-corrected chi connectivity index (χ1v) is 6.65. The molecule has 4 heteroatoms. The molecule has 98 valence electrons. The number of carbonyl (C=O) groups excluding carboxylic acids is 1. The van der Waals surface area contributed by atoms with E-state index >= 15 is 0 Å². The average molecular weight is 270 g/mol. The molecule has 0 aromatic heterocycles. The summed E-state index contributed by atoms with van der Waals surface area (Å²) in [6.45, 7) is 0. The Bertz CT molecular complexity index is 455. The molecular weight excluding hydrogens is 253 g/mol. The molecule has 0 amide bonds. The Morgan fingerprint density at radius 3 is 2.61 bits per heavy atom. The molecule has 0 aliphatic heterocycles. The smallest absolute Gasteiger partial charge is 0.156 e. The maximum atomic E-state index is 13.3. The van der Waals surface area contributed by atoms with Crippen LogP contribution in [0.25, 0.3) is 0 Å². The van der Waals surface area contributed by atoms with Crippen LogP contribution in [0.5, 0.6) is 0 Å². The Kier molecular flexibility index (Phi) is 4.03. The summed E-state index contributed by atoms with van der Waals surface area (Å²) in [6, 6.07) is 4.46. The molecule has 0 saturated heterocycles. The summed E-state index contributed by atoms with van der Waals surface area (Å²) in [5, 5.41) is 0.0753. The van der Waals surface area contributed by atoms with E-state index in [1.807, 2.05) is 0 Å². The van der Waals surface area contributed by atoms with Crippen LogP contribution in [0.15, 0.2) is 18.2 Å². The minimum Gasteiger partial charge on any atom is -0.319 e. The van der Waals surface area contributed by atoms with Gasteiger partial charge in [-0.15, -0.1) is 0 Å². The number of hydrogen-bond donors (Lipinski definition) is 1. The quantitative estimate of drug-likeness (QED) is 0.915. The Hall–Kier alpha value is -0.930. The van der Waals surface area contributed by atoms with E-state index < -0.39 is 11.4 Å². The number of rotatable bonds is 3. The van der Waals surface area contributed by atoms with E-state index in [2.05, 4.69) is 0 Å². The van der Waals surface area contributed by atoms with Crippen molar-refractivity contribution in [1.82, 2.24) is 0 Å². The lowest BCUT2D eigenvalue weighted by atomic mass is 9.78. The molecule has 0 bridgehead atoms. The van der Waals surface area contributed by atoms with Gasteiger partial charge >= 0.3 is 0 Å². The van der Waals surface area contributed by atoms with Crippen molar-refractivity contribution in [1.29, 1.82) is 0 Å². The topological polar surface area (TPSA) is 43.1 Å². The lowest BCUT2D eigenvalue weighted by Gasteiger charge is -2.31. The highest BCUT2D eigenvalue weighted by atomic mass is 35.5. The maximum absolute atomic E-state index is 13.3. The van der Waals surface area contributed by atoms with Gasteiger partial charge in [0.25, 0.3) is 0 Å². The van der Waals surface area contributed by atoms with E-state index in [0.29, 0.717) is 5.56 Å². The molecular formula is C14H17ClFNO. The number of Topliss-reactive ketones (excluding diaryl/α,β-unsaturated/α-hetero) is 1. The van der Waals surface area contributed by atoms with Gasteiger partial charge in [0.1, 0.15) is 5.82 Å². The van der Waals surface area contributed by atoms with Crippen molar-refractivity contribution in [2.24, 2.45) is 5.73 Å². The second-order valence-electron chi connectivity index (χ2n) is 5.07. The third-order valence-corrected chi connectivity index (χ3v) is 3.96. The third-order valence-electron chi connectivity index (χ3n) is 3.65. The van der Waals surface area contributed by atoms with Crippen molar-refractivity contribution in [3.8, 4) is 0 Å². The van der Waals surface area contributed by atoms with Crippen LogP contribution in [0.3, 0.4) is 0 Å². The minimum atomic E-state index is -0.714. The fourth-order valence-corrected chi connectivity index (χ4v) is 2.59. The Labute approximate surface area is 111 Å². The Balaban J connectivity index is 2.08. The van der Waals surface area contributed by atoms with Gasteiger partial charge in [-0.2, -0.15) is 0 Å². The Morgan fingerprint density at radius 2 is 2.00 bits per heavy atom. The van der Waals surface area contributed by atoms with Gasteiger partial charge in [-0.25, -0.2) is 4.39 Å². The van der Waals surface area contributed by atoms with Gasteiger partial charge in [-0.3, -0.25) is 4.79 Å². The zero-order chi connectivity index (χ0) is 13.2. The molecule has 0 unspecified atom stereocenters. The number of carbonyl (C=O) groups is 1. The lowest BCUT2D eigenvalue weighted by Crippen LogP contribution is -2.50. The largest absolute Gasteiger partial charge is 0.319 e. The highest BCUT2D eigenvalue weighted by Crippen LogP contribution is 2.28. The van der Waals surface area contributed by atoms with Crippen LogP contribution in [0.2, 0.25) is 5.02 Å². The fraction of sp³-hybridized carbons (Fsp3) is 0.500. The van der Waals surface area contributed by atoms with Crippen LogP contribution in [0, 0.1) is 5.82 Å². The lowest BCUT2D eigenvalue weighted by molar-refractivity contribution is -0.124. The normalized spacial score (nSPS) is 18.6. The molecule has 0 spiro atoms. The van der Waals surface area contributed by atoms with E-state index in [-0.39, 0.29) is 17.2 Å². The van der Waals surface area contributed by atoms with Gasteiger partial charge in [0, 0.05) is 6.42 Å². The Morgan fingerprint density at radius 1 is 1.33 bits per heavy atom. The van der Waals surface area contributed by atoms with Crippen LogP contribution >= 0.6 is 11.6 Å². The zero-order valence-corrected chi connectivity index (χ0v) is 11.0. The molecule has 1 fully saturated rings. The van der Waals surface area contributed by atoms with Gasteiger partial charge in [0.15, 0.2) is 5.78 Å². The SMILES string of the molecule is NC1(C(=O)Cc2ccc(Cl)c(F)c2)CCCCC1. The van der Waals surface area contributed by atoms with Crippen molar-refractivity contribution >= 4 is 17.4 Å². The molecule has 1 aliphatic carbocycles. The van der Waals surface area contributed by atoms with E-state index in [9.17, 15) is 9.18 Å². The first-order chi connectivity index (χ1) is 8.51. The zero-order valence-electron chi connectivity index (χ0n) is 10.2. The minimum absolute atomic E-state index is 0.00363. The monoisotopic (exact) mass is 269 g/mol. The van der Waals surface area contributed by atoms with E-state index in [4.69, 9.17) is 17.3 Å². The summed E-state index contributed by atoms with van der Waals surface area (Å²) in [5.74, 6) is -0.486. The van der Waals surface area contributed by atoms with Crippen LogP contribution in [-0.4, -0.2) is 11.3 Å². The third kappa shape index (κ3) is 2.90. The molecule has 1 aromatic rings. The molecule has 0 heterocycles. The first kappa shape index (κ1) is 13.5. The van der Waals surface area contributed by atoms with Crippen molar-refractivity contribution in [2.75, 3.05) is 0 Å². The van der Waals surface area contributed by atoms with Gasteiger partial charge in [0.2, 0.25) is 0 Å². The van der Waals surface area contributed by atoms with E-state index in [1.165, 1.54) is 12.1 Å². The number of halogens is 2. The molecule has 0 radical (unpaired) electrons. The van der Waals surface area contributed by atoms with E-state index in [1.54, 1.807) is 6.07 Å². The van der Waals surface area contributed by atoms with Gasteiger partial charge in [0.05, 0.1) is 10.6 Å². The van der Waals surface area contributed by atoms with E-state index in [0.717, 1.165) is 32.1 Å². The summed E-state index contributed by atoms with van der Waals surface area (Å²) in [4.78, 5) is 12.2. The molecule has 0 atom stereocenters. The molecule has 1 saturated carbocycles. The predicted molar refractivity (Wildman–Crippen MR) is 70.1 cm³/mol. The van der Waals surface area contributed by atoms with Crippen molar-refractivity contribution in [3.63, 3.8) is 0 Å². The summed E-state index contributed by atoms with van der Waals surface area (Å²) in [5.41, 5.74) is 6.07. The van der Waals surface area contributed by atoms with Crippen LogP contribution in [0.4, 0.5) is 4.39 Å². The first-order valence-electron chi connectivity index (χ1n) is 6.27. The predicted octanol–water partition coefficient (Wildman–Crippen LogP) is 3.25. The second-order valence-corrected chi connectivity index (χ2v) is 5.47. The van der Waals surface area contributed by atoms with Crippen molar-refractivity contribution in [2.45, 2.75) is 44.1 Å². The highest BCUT2D eigenvalue weighted by Gasteiger charge is 2.34. The highest BCUT2D eigenvalue weighted by molar-refractivity contribution is 6.30. The standard InChI is InChI=1S/C14H17ClFNO/c15-11-5-4-10(8-12(11)16)9-13(18)14(17)6-2-1-3-7-14/h4-5,8H,1-3,6-7,9,17H2. The van der Waals surface area contributed by atoms with Gasteiger partial charge in [-0.1, -0.05) is 36.9 Å². The molecule has 2 nitrogen and oxygen atoms in total. The molecule has 2 rings (SSSR count). The summed E-state index contributed by atoms with van der Waals surface area (Å²) < 4.78 is 13.3. The summed E-state index contributed by atoms with van der Waals surface area (Å²) in [7, 11) is 0. The second kappa shape index (κ2) is 5.37. The molecule has 1 aliphatic rings. The number of hydrogen-bond acceptors (Lipinski definition) is 2. The average Bonchev–Trinajstić information content (AvgIpc) is 2.35. The van der Waals surface area contributed by atoms with Crippen molar-refractivity contribution < 1.29 is 9.18 Å². The van der Waals surface area contributed by atoms with Crippen LogP contribution in [0.1, 0.15) is 37.7 Å². The van der Waals surface area contributed by atoms with Gasteiger partial charge < -0.3 is 5.73 Å².